The first-order chi connectivity index (χ1) is 16.4. The van der Waals surface area contributed by atoms with Crippen LogP contribution in [0.3, 0.4) is 0 Å². The Kier molecular flexibility index (Phi) is 6.06. The first-order valence-electron chi connectivity index (χ1n) is 11.0. The van der Waals surface area contributed by atoms with Crippen molar-refractivity contribution in [2.45, 2.75) is 28.9 Å². The molecule has 2 amide bonds. The first kappa shape index (κ1) is 22.8. The maximum Gasteiger partial charge on any atom is 0.349 e. The second-order valence-corrected chi connectivity index (χ2v) is 9.30. The summed E-state index contributed by atoms with van der Waals surface area (Å²) in [6.45, 7) is 0.452. The topological polar surface area (TPSA) is 53.9 Å². The fourth-order valence-corrected chi connectivity index (χ4v) is 5.55. The second kappa shape index (κ2) is 9.02. The van der Waals surface area contributed by atoms with Crippen LogP contribution in [0.15, 0.2) is 89.9 Å². The fourth-order valence-electron chi connectivity index (χ4n) is 4.76. The summed E-state index contributed by atoms with van der Waals surface area (Å²) in [5.41, 5.74) is -0.345. The Balaban J connectivity index is 1.70. The van der Waals surface area contributed by atoms with Crippen LogP contribution in [0, 0.1) is 5.82 Å². The lowest BCUT2D eigenvalue weighted by Gasteiger charge is -2.53. The van der Waals surface area contributed by atoms with Crippen molar-refractivity contribution in [3.63, 3.8) is 0 Å². The first-order valence-corrected chi connectivity index (χ1v) is 11.8. The smallest absolute Gasteiger partial charge is 0.349 e. The Morgan fingerprint density at radius 2 is 1.76 bits per heavy atom. The zero-order chi connectivity index (χ0) is 23.8. The number of anilines is 1. The fraction of sp³-hybridized carbons (Fsp3) is 0.231. The third-order valence-electron chi connectivity index (χ3n) is 6.27. The summed E-state index contributed by atoms with van der Waals surface area (Å²) in [7, 11) is 0. The number of nitrogens with one attached hydrogen (secondary N) is 1. The van der Waals surface area contributed by atoms with E-state index in [4.69, 9.17) is 27.9 Å². The summed E-state index contributed by atoms with van der Waals surface area (Å²) in [4.78, 5) is 19.3. The molecule has 1 N–H and O–H groups in total. The van der Waals surface area contributed by atoms with Crippen LogP contribution < -0.4 is 15.0 Å². The van der Waals surface area contributed by atoms with Crippen molar-refractivity contribution in [3.05, 3.63) is 96.3 Å². The van der Waals surface area contributed by atoms with Crippen molar-refractivity contribution in [2.75, 3.05) is 11.4 Å². The number of nitrogens with zero attached hydrogens (tertiary/aromatic N) is 2. The standard InChI is InChI=1S/C26H22Cl2FN3O2/c27-23-26(28,34-21-12-5-2-6-13-21)25(14-15-30-23)22(16-18-8-3-1-4-9-18)31-24(33)32(25)20-11-7-10-19(29)17-20/h1-13,17,23,30H,14-16H2. The summed E-state index contributed by atoms with van der Waals surface area (Å²) < 4.78 is 20.7. The third-order valence-corrected chi connectivity index (χ3v) is 7.45. The summed E-state index contributed by atoms with van der Waals surface area (Å²) >= 11 is 14.2. The Morgan fingerprint density at radius 3 is 2.47 bits per heavy atom. The molecule has 3 aromatic carbocycles. The minimum Gasteiger partial charge on any atom is -0.466 e. The van der Waals surface area contributed by atoms with Gasteiger partial charge in [-0.2, -0.15) is 4.99 Å². The molecule has 2 aliphatic heterocycles. The van der Waals surface area contributed by atoms with Crippen LogP contribution in [0.2, 0.25) is 0 Å². The second-order valence-electron chi connectivity index (χ2n) is 8.31. The van der Waals surface area contributed by atoms with Gasteiger partial charge in [-0.15, -0.1) is 0 Å². The summed E-state index contributed by atoms with van der Waals surface area (Å²) in [6.07, 6.45) is 0.717. The van der Waals surface area contributed by atoms with Gasteiger partial charge in [-0.05, 0) is 48.9 Å². The maximum absolute atomic E-state index is 14.3. The van der Waals surface area contributed by atoms with E-state index in [0.717, 1.165) is 5.56 Å². The highest BCUT2D eigenvalue weighted by molar-refractivity contribution is 6.36. The number of urea groups is 1. The number of ether oxygens (including phenoxy) is 1. The molecule has 5 nitrogen and oxygen atoms in total. The molecule has 0 saturated carbocycles. The van der Waals surface area contributed by atoms with E-state index in [1.54, 1.807) is 24.3 Å². The van der Waals surface area contributed by atoms with E-state index in [2.05, 4.69) is 10.3 Å². The Hall–Kier alpha value is -2.93. The van der Waals surface area contributed by atoms with E-state index < -0.39 is 27.9 Å². The van der Waals surface area contributed by atoms with Gasteiger partial charge in [0.1, 0.15) is 22.6 Å². The van der Waals surface area contributed by atoms with Gasteiger partial charge in [0.25, 0.3) is 0 Å². The number of hydrogen-bond acceptors (Lipinski definition) is 3. The van der Waals surface area contributed by atoms with Gasteiger partial charge in [-0.3, -0.25) is 10.2 Å². The Morgan fingerprint density at radius 1 is 1.06 bits per heavy atom. The molecule has 0 aromatic heterocycles. The van der Waals surface area contributed by atoms with E-state index in [1.807, 2.05) is 48.5 Å². The molecule has 3 atom stereocenters. The highest BCUT2D eigenvalue weighted by Gasteiger charge is 2.68. The molecule has 2 heterocycles. The molecule has 2 aliphatic rings. The molecule has 3 unspecified atom stereocenters. The monoisotopic (exact) mass is 497 g/mol. The average Bonchev–Trinajstić information content (AvgIpc) is 3.11. The quantitative estimate of drug-likeness (QED) is 0.360. The average molecular weight is 498 g/mol. The van der Waals surface area contributed by atoms with Crippen LogP contribution in [0.1, 0.15) is 12.0 Å². The van der Waals surface area contributed by atoms with Gasteiger partial charge in [0.05, 0.1) is 5.71 Å². The molecule has 1 fully saturated rings. The lowest BCUT2D eigenvalue weighted by Crippen LogP contribution is -2.76. The number of piperidine rings is 1. The molecule has 8 heteroatoms. The number of para-hydroxylation sites is 1. The number of hydrogen-bond donors (Lipinski definition) is 1. The van der Waals surface area contributed by atoms with Gasteiger partial charge in [0.2, 0.25) is 5.06 Å². The van der Waals surface area contributed by atoms with Crippen LogP contribution >= 0.6 is 23.2 Å². The van der Waals surface area contributed by atoms with Crippen molar-refractivity contribution in [1.29, 1.82) is 0 Å². The molecule has 174 valence electrons. The zero-order valence-corrected chi connectivity index (χ0v) is 19.6. The number of carbonyl (C=O) groups is 1. The number of benzene rings is 3. The number of amides is 2. The molecule has 5 rings (SSSR count). The van der Waals surface area contributed by atoms with E-state index >= 15 is 0 Å². The molecular formula is C26H22Cl2FN3O2. The highest BCUT2D eigenvalue weighted by atomic mass is 35.5. The van der Waals surface area contributed by atoms with Crippen molar-refractivity contribution < 1.29 is 13.9 Å². The van der Waals surface area contributed by atoms with Crippen LogP contribution in [0.25, 0.3) is 0 Å². The highest BCUT2D eigenvalue weighted by Crippen LogP contribution is 2.50. The minimum atomic E-state index is -1.65. The summed E-state index contributed by atoms with van der Waals surface area (Å²) in [5.74, 6) is 0.0151. The van der Waals surface area contributed by atoms with E-state index in [-0.39, 0.29) is 0 Å². The van der Waals surface area contributed by atoms with Crippen molar-refractivity contribution in [2.24, 2.45) is 4.99 Å². The van der Waals surface area contributed by atoms with Gasteiger partial charge >= 0.3 is 6.03 Å². The van der Waals surface area contributed by atoms with Crippen molar-refractivity contribution in [3.8, 4) is 5.75 Å². The minimum absolute atomic E-state index is 0.337. The van der Waals surface area contributed by atoms with E-state index in [0.29, 0.717) is 36.5 Å². The molecule has 34 heavy (non-hydrogen) atoms. The molecular weight excluding hydrogens is 476 g/mol. The largest absolute Gasteiger partial charge is 0.466 e. The maximum atomic E-state index is 14.3. The molecule has 3 aromatic rings. The molecule has 1 spiro atoms. The number of carbonyl (C=O) groups excluding carboxylic acids is 1. The summed E-state index contributed by atoms with van der Waals surface area (Å²) in [6, 6.07) is 24.0. The molecule has 0 aliphatic carbocycles. The molecule has 0 radical (unpaired) electrons. The van der Waals surface area contributed by atoms with Crippen molar-refractivity contribution in [1.82, 2.24) is 5.32 Å². The van der Waals surface area contributed by atoms with E-state index in [1.165, 1.54) is 17.0 Å². The Bertz CT molecular complexity index is 1230. The van der Waals surface area contributed by atoms with Crippen LogP contribution in [-0.2, 0) is 6.42 Å². The molecule has 1 saturated heterocycles. The number of halogens is 3. The van der Waals surface area contributed by atoms with Crippen LogP contribution in [0.5, 0.6) is 5.75 Å². The number of aliphatic imine (C=N–C) groups is 1. The lowest BCUT2D eigenvalue weighted by atomic mass is 9.77. The van der Waals surface area contributed by atoms with Gasteiger partial charge in [-0.1, -0.05) is 77.8 Å². The van der Waals surface area contributed by atoms with Gasteiger partial charge in [-0.25, -0.2) is 9.18 Å². The van der Waals surface area contributed by atoms with Gasteiger partial charge < -0.3 is 4.74 Å². The normalized spacial score (nSPS) is 26.6. The summed E-state index contributed by atoms with van der Waals surface area (Å²) in [5, 5.41) is 1.52. The van der Waals surface area contributed by atoms with Gasteiger partial charge in [0.15, 0.2) is 0 Å². The predicted molar refractivity (Wildman–Crippen MR) is 133 cm³/mol. The van der Waals surface area contributed by atoms with Gasteiger partial charge in [0, 0.05) is 12.1 Å². The zero-order valence-electron chi connectivity index (χ0n) is 18.1. The third kappa shape index (κ3) is 3.76. The van der Waals surface area contributed by atoms with Crippen LogP contribution in [0.4, 0.5) is 14.9 Å². The lowest BCUT2D eigenvalue weighted by molar-refractivity contribution is 0.0627. The predicted octanol–water partition coefficient (Wildman–Crippen LogP) is 5.76. The van der Waals surface area contributed by atoms with E-state index in [9.17, 15) is 9.18 Å². The van der Waals surface area contributed by atoms with Crippen LogP contribution in [-0.4, -0.2) is 34.4 Å². The van der Waals surface area contributed by atoms with Crippen molar-refractivity contribution >= 4 is 40.6 Å². The number of rotatable bonds is 5. The SMILES string of the molecule is O=C1N=C(Cc2ccccc2)C2(CCNC(Cl)C2(Cl)Oc2ccccc2)N1c1cccc(F)c1. The molecule has 0 bridgehead atoms. The number of alkyl halides is 2. The Labute approximate surface area is 207 Å².